The van der Waals surface area contributed by atoms with Crippen molar-refractivity contribution < 1.29 is 5.11 Å². The van der Waals surface area contributed by atoms with Gasteiger partial charge in [-0.05, 0) is 55.9 Å². The smallest absolute Gasteiger partial charge is 0.0845 e. The summed E-state index contributed by atoms with van der Waals surface area (Å²) in [5.74, 6) is 0. The maximum atomic E-state index is 11.0. The maximum Gasteiger partial charge on any atom is 0.0845 e. The van der Waals surface area contributed by atoms with Crippen LogP contribution in [0.3, 0.4) is 0 Å². The maximum absolute atomic E-state index is 11.0. The van der Waals surface area contributed by atoms with Gasteiger partial charge in [-0.25, -0.2) is 0 Å². The van der Waals surface area contributed by atoms with E-state index in [4.69, 9.17) is 0 Å². The summed E-state index contributed by atoms with van der Waals surface area (Å²) in [7, 11) is 0. The summed E-state index contributed by atoms with van der Waals surface area (Å²) in [5.41, 5.74) is 7.02. The molecule has 0 saturated carbocycles. The summed E-state index contributed by atoms with van der Waals surface area (Å²) in [6, 6.07) is 17.5. The van der Waals surface area contributed by atoms with Crippen LogP contribution in [0.2, 0.25) is 0 Å². The molecule has 31 heavy (non-hydrogen) atoms. The number of aliphatic hydroxyl groups excluding tert-OH is 1. The molecular formula is C27H35N3O. The van der Waals surface area contributed by atoms with E-state index in [2.05, 4.69) is 69.8 Å². The fourth-order valence-corrected chi connectivity index (χ4v) is 5.50. The van der Waals surface area contributed by atoms with Crippen LogP contribution in [0.1, 0.15) is 35.2 Å². The highest BCUT2D eigenvalue weighted by Crippen LogP contribution is 2.33. The van der Waals surface area contributed by atoms with Crippen LogP contribution in [0.15, 0.2) is 48.5 Å². The average molecular weight is 418 g/mol. The van der Waals surface area contributed by atoms with Crippen LogP contribution in [0.5, 0.6) is 0 Å². The van der Waals surface area contributed by atoms with Gasteiger partial charge < -0.3 is 9.67 Å². The zero-order valence-electron chi connectivity index (χ0n) is 18.8. The van der Waals surface area contributed by atoms with Gasteiger partial charge in [0.1, 0.15) is 0 Å². The number of nitrogens with zero attached hydrogens (tertiary/aromatic N) is 3. The lowest BCUT2D eigenvalue weighted by Crippen LogP contribution is -2.48. The molecule has 0 bridgehead atoms. The zero-order chi connectivity index (χ0) is 21.2. The Bertz CT molecular complexity index is 1020. The number of hydrogen-bond acceptors (Lipinski definition) is 3. The van der Waals surface area contributed by atoms with Crippen molar-refractivity contribution in [2.75, 3.05) is 32.7 Å². The molecule has 0 spiro atoms. The third-order valence-electron chi connectivity index (χ3n) is 7.11. The molecular weight excluding hydrogens is 382 g/mol. The number of benzene rings is 2. The Labute approximate surface area is 186 Å². The largest absolute Gasteiger partial charge is 0.390 e. The summed E-state index contributed by atoms with van der Waals surface area (Å²) < 4.78 is 2.43. The fraction of sp³-hybridized carbons (Fsp3) is 0.481. The minimum absolute atomic E-state index is 0.330. The van der Waals surface area contributed by atoms with Crippen LogP contribution in [-0.4, -0.2) is 58.3 Å². The Kier molecular flexibility index (Phi) is 6.13. The van der Waals surface area contributed by atoms with E-state index >= 15 is 0 Å². The second-order valence-corrected chi connectivity index (χ2v) is 9.48. The van der Waals surface area contributed by atoms with Crippen molar-refractivity contribution in [1.29, 1.82) is 0 Å². The summed E-state index contributed by atoms with van der Waals surface area (Å²) in [4.78, 5) is 4.96. The van der Waals surface area contributed by atoms with Gasteiger partial charge in [0.25, 0.3) is 0 Å². The molecule has 1 aliphatic heterocycles. The van der Waals surface area contributed by atoms with Crippen LogP contribution < -0.4 is 0 Å². The molecule has 1 aromatic heterocycles. The second-order valence-electron chi connectivity index (χ2n) is 9.48. The first-order valence-corrected chi connectivity index (χ1v) is 11.9. The summed E-state index contributed by atoms with van der Waals surface area (Å²) >= 11 is 0. The third-order valence-corrected chi connectivity index (χ3v) is 7.11. The molecule has 2 aromatic carbocycles. The van der Waals surface area contributed by atoms with Crippen LogP contribution in [0.25, 0.3) is 10.9 Å². The number of fused-ring (bicyclic) bond motifs is 3. The van der Waals surface area contributed by atoms with E-state index in [1.807, 2.05) is 0 Å². The Morgan fingerprint density at radius 2 is 1.61 bits per heavy atom. The molecule has 1 fully saturated rings. The quantitative estimate of drug-likeness (QED) is 0.658. The standard InChI is InChI=1S/C27H35N3O/c1-21-11-12-27-25(17-21)24-9-5-6-10-26(24)30(27)20-23(31)19-29-15-13-28(14-16-29)18-22-7-3-2-4-8-22/h2-4,7-8,11-12,17,23,31H,5-6,9-10,13-16,18-20H2,1H3/t23-/m1/s1. The topological polar surface area (TPSA) is 31.6 Å². The normalized spacial score (nSPS) is 18.9. The predicted octanol–water partition coefficient (Wildman–Crippen LogP) is 4.01. The van der Waals surface area contributed by atoms with Crippen molar-refractivity contribution in [3.63, 3.8) is 0 Å². The summed E-state index contributed by atoms with van der Waals surface area (Å²) in [5, 5.41) is 12.4. The molecule has 1 saturated heterocycles. The first-order chi connectivity index (χ1) is 15.2. The lowest BCUT2D eigenvalue weighted by molar-refractivity contribution is 0.0624. The van der Waals surface area contributed by atoms with Gasteiger partial charge in [0.05, 0.1) is 12.6 Å². The molecule has 1 N–H and O–H groups in total. The van der Waals surface area contributed by atoms with Gasteiger partial charge in [0.15, 0.2) is 0 Å². The first-order valence-electron chi connectivity index (χ1n) is 11.9. The van der Waals surface area contributed by atoms with Crippen molar-refractivity contribution in [3.8, 4) is 0 Å². The number of β-amino-alcohol motifs (C(OH)–C–C–N with tert-alkyl or cyclic N) is 1. The van der Waals surface area contributed by atoms with E-state index < -0.39 is 0 Å². The minimum atomic E-state index is -0.330. The Morgan fingerprint density at radius 1 is 0.871 bits per heavy atom. The van der Waals surface area contributed by atoms with Crippen LogP contribution >= 0.6 is 0 Å². The SMILES string of the molecule is Cc1ccc2c(c1)c1c(n2C[C@H](O)CN2CCN(Cc3ccccc3)CC2)CCCC1. The lowest BCUT2D eigenvalue weighted by Gasteiger charge is -2.35. The van der Waals surface area contributed by atoms with Gasteiger partial charge in [-0.1, -0.05) is 42.0 Å². The third kappa shape index (κ3) is 4.57. The lowest BCUT2D eigenvalue weighted by atomic mass is 9.95. The Hall–Kier alpha value is -2.14. The molecule has 2 heterocycles. The van der Waals surface area contributed by atoms with E-state index in [0.29, 0.717) is 6.54 Å². The van der Waals surface area contributed by atoms with Crippen molar-refractivity contribution >= 4 is 10.9 Å². The van der Waals surface area contributed by atoms with Gasteiger partial charge in [0.2, 0.25) is 0 Å². The predicted molar refractivity (Wildman–Crippen MR) is 127 cm³/mol. The van der Waals surface area contributed by atoms with Crippen molar-refractivity contribution in [1.82, 2.24) is 14.4 Å². The van der Waals surface area contributed by atoms with Gasteiger partial charge >= 0.3 is 0 Å². The number of aliphatic hydroxyl groups is 1. The van der Waals surface area contributed by atoms with Gasteiger partial charge in [-0.3, -0.25) is 9.80 Å². The highest BCUT2D eigenvalue weighted by atomic mass is 16.3. The van der Waals surface area contributed by atoms with Crippen LogP contribution in [-0.2, 0) is 25.9 Å². The molecule has 0 amide bonds. The molecule has 2 aliphatic rings. The van der Waals surface area contributed by atoms with Crippen molar-refractivity contribution in [2.24, 2.45) is 0 Å². The highest BCUT2D eigenvalue weighted by molar-refractivity contribution is 5.86. The second kappa shape index (κ2) is 9.15. The van der Waals surface area contributed by atoms with Crippen LogP contribution in [0, 0.1) is 6.92 Å². The zero-order valence-corrected chi connectivity index (χ0v) is 18.8. The van der Waals surface area contributed by atoms with Gasteiger partial charge in [-0.15, -0.1) is 0 Å². The van der Waals surface area contributed by atoms with E-state index in [9.17, 15) is 5.11 Å². The summed E-state index contributed by atoms with van der Waals surface area (Å²) in [6.45, 7) is 8.89. The fourth-order valence-electron chi connectivity index (χ4n) is 5.50. The molecule has 0 radical (unpaired) electrons. The molecule has 5 rings (SSSR count). The van der Waals surface area contributed by atoms with Crippen molar-refractivity contribution in [2.45, 2.75) is 51.8 Å². The molecule has 3 aromatic rings. The Balaban J connectivity index is 1.22. The van der Waals surface area contributed by atoms with E-state index in [-0.39, 0.29) is 6.10 Å². The summed E-state index contributed by atoms with van der Waals surface area (Å²) in [6.07, 6.45) is 4.55. The van der Waals surface area contributed by atoms with Crippen molar-refractivity contribution in [3.05, 3.63) is 70.9 Å². The van der Waals surface area contributed by atoms with Gasteiger partial charge in [-0.2, -0.15) is 0 Å². The first kappa shape index (κ1) is 20.7. The van der Waals surface area contributed by atoms with E-state index in [1.165, 1.54) is 52.5 Å². The highest BCUT2D eigenvalue weighted by Gasteiger charge is 2.23. The van der Waals surface area contributed by atoms with Crippen LogP contribution in [0.4, 0.5) is 0 Å². The number of hydrogen-bond donors (Lipinski definition) is 1. The molecule has 4 nitrogen and oxygen atoms in total. The Morgan fingerprint density at radius 3 is 2.42 bits per heavy atom. The molecule has 1 aliphatic carbocycles. The van der Waals surface area contributed by atoms with E-state index in [1.54, 1.807) is 0 Å². The number of piperazine rings is 1. The monoisotopic (exact) mass is 417 g/mol. The molecule has 164 valence electrons. The number of aryl methyl sites for hydroxylation is 2. The minimum Gasteiger partial charge on any atom is -0.390 e. The molecule has 0 unspecified atom stereocenters. The number of aromatic nitrogens is 1. The number of rotatable bonds is 6. The molecule has 1 atom stereocenters. The van der Waals surface area contributed by atoms with Gasteiger partial charge in [0, 0.05) is 55.9 Å². The van der Waals surface area contributed by atoms with E-state index in [0.717, 1.165) is 45.7 Å². The molecule has 4 heteroatoms. The average Bonchev–Trinajstić information content (AvgIpc) is 3.09.